The second-order valence-corrected chi connectivity index (χ2v) is 5.95. The average Bonchev–Trinajstić information content (AvgIpc) is 2.49. The molecule has 0 saturated heterocycles. The number of hydrogen-bond donors (Lipinski definition) is 1. The molecule has 0 aliphatic carbocycles. The number of rotatable bonds is 3. The molecule has 0 saturated carbocycles. The van der Waals surface area contributed by atoms with Gasteiger partial charge in [-0.05, 0) is 41.1 Å². The van der Waals surface area contributed by atoms with E-state index in [0.717, 1.165) is 15.2 Å². The molecule has 2 N–H and O–H groups in total. The van der Waals surface area contributed by atoms with Crippen molar-refractivity contribution in [2.45, 2.75) is 0 Å². The number of nitrogens with zero attached hydrogens (tertiary/aromatic N) is 1. The molecular formula is C16H10BrClN2O2. The van der Waals surface area contributed by atoms with Gasteiger partial charge in [0.25, 0.3) is 0 Å². The lowest BCUT2D eigenvalue weighted by atomic mass is 10.1. The van der Waals surface area contributed by atoms with Crippen molar-refractivity contribution in [1.82, 2.24) is 4.98 Å². The number of primary amides is 1. The molecule has 0 unspecified atom stereocenters. The van der Waals surface area contributed by atoms with Crippen LogP contribution < -0.4 is 10.5 Å². The lowest BCUT2D eigenvalue weighted by Gasteiger charge is -2.08. The van der Waals surface area contributed by atoms with Gasteiger partial charge in [0.15, 0.2) is 0 Å². The topological polar surface area (TPSA) is 65.2 Å². The molecule has 0 radical (unpaired) electrons. The minimum Gasteiger partial charge on any atom is -0.438 e. The number of carbonyl (C=O) groups excluding carboxylic acids is 1. The zero-order valence-corrected chi connectivity index (χ0v) is 13.6. The monoisotopic (exact) mass is 376 g/mol. The molecule has 6 heteroatoms. The Morgan fingerprint density at radius 1 is 1.14 bits per heavy atom. The van der Waals surface area contributed by atoms with E-state index in [2.05, 4.69) is 20.9 Å². The Morgan fingerprint density at radius 2 is 1.86 bits per heavy atom. The van der Waals surface area contributed by atoms with Crippen molar-refractivity contribution in [2.24, 2.45) is 5.73 Å². The number of amides is 1. The number of pyridine rings is 1. The number of halogens is 2. The maximum absolute atomic E-state index is 11.1. The summed E-state index contributed by atoms with van der Waals surface area (Å²) in [5, 5.41) is 2.35. The Hall–Kier alpha value is -2.11. The normalized spacial score (nSPS) is 10.6. The highest BCUT2D eigenvalue weighted by Crippen LogP contribution is 2.30. The number of benzene rings is 2. The highest BCUT2D eigenvalue weighted by molar-refractivity contribution is 9.10. The van der Waals surface area contributed by atoms with Crippen LogP contribution >= 0.6 is 27.5 Å². The molecule has 0 fully saturated rings. The van der Waals surface area contributed by atoms with E-state index in [9.17, 15) is 4.79 Å². The molecule has 4 nitrogen and oxygen atoms in total. The van der Waals surface area contributed by atoms with E-state index in [1.807, 2.05) is 36.4 Å². The van der Waals surface area contributed by atoms with E-state index < -0.39 is 5.91 Å². The Kier molecular flexibility index (Phi) is 4.00. The fraction of sp³-hybridized carbons (Fsp3) is 0. The summed E-state index contributed by atoms with van der Waals surface area (Å²) in [6.07, 6.45) is 1.34. The van der Waals surface area contributed by atoms with Crippen LogP contribution in [0.25, 0.3) is 10.8 Å². The molecule has 1 amide bonds. The second kappa shape index (κ2) is 5.94. The first kappa shape index (κ1) is 14.8. The first-order valence-corrected chi connectivity index (χ1v) is 7.52. The van der Waals surface area contributed by atoms with Gasteiger partial charge in [-0.3, -0.25) is 4.79 Å². The van der Waals surface area contributed by atoms with Gasteiger partial charge in [0.05, 0.1) is 5.56 Å². The van der Waals surface area contributed by atoms with Crippen LogP contribution in [0.3, 0.4) is 0 Å². The fourth-order valence-electron chi connectivity index (χ4n) is 2.01. The van der Waals surface area contributed by atoms with Crippen LogP contribution in [0.15, 0.2) is 53.1 Å². The third-order valence-electron chi connectivity index (χ3n) is 3.08. The van der Waals surface area contributed by atoms with Crippen molar-refractivity contribution >= 4 is 44.2 Å². The maximum Gasteiger partial charge on any atom is 0.250 e. The van der Waals surface area contributed by atoms with Crippen molar-refractivity contribution in [2.75, 3.05) is 0 Å². The zero-order chi connectivity index (χ0) is 15.7. The molecule has 2 aromatic carbocycles. The molecule has 3 rings (SSSR count). The molecule has 1 aromatic heterocycles. The van der Waals surface area contributed by atoms with Crippen molar-refractivity contribution in [1.29, 1.82) is 0 Å². The summed E-state index contributed by atoms with van der Waals surface area (Å²) in [4.78, 5) is 15.1. The van der Waals surface area contributed by atoms with Gasteiger partial charge in [0.1, 0.15) is 10.8 Å². The number of aromatic nitrogens is 1. The zero-order valence-electron chi connectivity index (χ0n) is 11.2. The third-order valence-corrected chi connectivity index (χ3v) is 3.84. The summed E-state index contributed by atoms with van der Waals surface area (Å²) in [5.74, 6) is 0.247. The molecule has 110 valence electrons. The summed E-state index contributed by atoms with van der Waals surface area (Å²) in [6.45, 7) is 0. The van der Waals surface area contributed by atoms with Crippen LogP contribution in [0.5, 0.6) is 11.6 Å². The average molecular weight is 378 g/mol. The Labute approximate surface area is 140 Å². The smallest absolute Gasteiger partial charge is 0.250 e. The van der Waals surface area contributed by atoms with Crippen molar-refractivity contribution < 1.29 is 9.53 Å². The highest BCUT2D eigenvalue weighted by Gasteiger charge is 2.09. The SMILES string of the molecule is NC(=O)c1cnc(Oc2ccc3cc(Br)ccc3c2)c(Cl)c1. The fourth-order valence-corrected chi connectivity index (χ4v) is 2.59. The van der Waals surface area contributed by atoms with E-state index in [1.54, 1.807) is 0 Å². The molecule has 0 aliphatic rings. The summed E-state index contributed by atoms with van der Waals surface area (Å²) in [5.41, 5.74) is 5.41. The largest absolute Gasteiger partial charge is 0.438 e. The van der Waals surface area contributed by atoms with Gasteiger partial charge in [0.2, 0.25) is 11.8 Å². The van der Waals surface area contributed by atoms with Gasteiger partial charge >= 0.3 is 0 Å². The maximum atomic E-state index is 11.1. The van der Waals surface area contributed by atoms with Gasteiger partial charge in [-0.25, -0.2) is 4.98 Å². The predicted molar refractivity (Wildman–Crippen MR) is 89.5 cm³/mol. The molecule has 0 spiro atoms. The molecule has 0 aliphatic heterocycles. The van der Waals surface area contributed by atoms with E-state index in [0.29, 0.717) is 5.75 Å². The number of fused-ring (bicyclic) bond motifs is 1. The van der Waals surface area contributed by atoms with Crippen LogP contribution in [-0.4, -0.2) is 10.9 Å². The van der Waals surface area contributed by atoms with Crippen molar-refractivity contribution in [3.8, 4) is 11.6 Å². The number of hydrogen-bond acceptors (Lipinski definition) is 3. The molecule has 22 heavy (non-hydrogen) atoms. The van der Waals surface area contributed by atoms with Crippen LogP contribution in [-0.2, 0) is 0 Å². The van der Waals surface area contributed by atoms with E-state index in [4.69, 9.17) is 22.1 Å². The van der Waals surface area contributed by atoms with Crippen LogP contribution in [0.2, 0.25) is 5.02 Å². The Bertz CT molecular complexity index is 883. The predicted octanol–water partition coefficient (Wildman–Crippen LogP) is 4.54. The van der Waals surface area contributed by atoms with E-state index in [-0.39, 0.29) is 16.5 Å². The van der Waals surface area contributed by atoms with Crippen LogP contribution in [0.4, 0.5) is 0 Å². The molecule has 0 bridgehead atoms. The minimum absolute atomic E-state index is 0.225. The van der Waals surface area contributed by atoms with Crippen molar-refractivity contribution in [3.63, 3.8) is 0 Å². The Balaban J connectivity index is 1.93. The van der Waals surface area contributed by atoms with Crippen molar-refractivity contribution in [3.05, 3.63) is 63.7 Å². The van der Waals surface area contributed by atoms with E-state index in [1.165, 1.54) is 12.3 Å². The summed E-state index contributed by atoms with van der Waals surface area (Å²) in [7, 11) is 0. The van der Waals surface area contributed by atoms with Crippen LogP contribution in [0, 0.1) is 0 Å². The number of ether oxygens (including phenoxy) is 1. The molecule has 1 heterocycles. The second-order valence-electron chi connectivity index (χ2n) is 4.63. The van der Waals surface area contributed by atoms with Gasteiger partial charge in [0, 0.05) is 10.7 Å². The van der Waals surface area contributed by atoms with Gasteiger partial charge in [-0.1, -0.05) is 39.7 Å². The molecule has 3 aromatic rings. The lowest BCUT2D eigenvalue weighted by Crippen LogP contribution is -2.11. The van der Waals surface area contributed by atoms with Crippen LogP contribution in [0.1, 0.15) is 10.4 Å². The summed E-state index contributed by atoms with van der Waals surface area (Å²) < 4.78 is 6.69. The van der Waals surface area contributed by atoms with Gasteiger partial charge in [-0.15, -0.1) is 0 Å². The number of carbonyl (C=O) groups is 1. The molecular weight excluding hydrogens is 368 g/mol. The first-order valence-electron chi connectivity index (χ1n) is 6.35. The van der Waals surface area contributed by atoms with Gasteiger partial charge < -0.3 is 10.5 Å². The van der Waals surface area contributed by atoms with Gasteiger partial charge in [-0.2, -0.15) is 0 Å². The standard InChI is InChI=1S/C16H10BrClN2O2/c17-12-3-1-10-6-13(4-2-9(10)5-12)22-16-14(18)7-11(8-20-16)15(19)21/h1-8H,(H2,19,21). The minimum atomic E-state index is -0.586. The number of nitrogens with two attached hydrogens (primary N) is 1. The van der Waals surface area contributed by atoms with E-state index >= 15 is 0 Å². The quantitative estimate of drug-likeness (QED) is 0.728. The lowest BCUT2D eigenvalue weighted by molar-refractivity contribution is 0.1000. The highest BCUT2D eigenvalue weighted by atomic mass is 79.9. The molecule has 0 atom stereocenters. The third kappa shape index (κ3) is 3.05. The summed E-state index contributed by atoms with van der Waals surface area (Å²) in [6, 6.07) is 13.1. The summed E-state index contributed by atoms with van der Waals surface area (Å²) >= 11 is 9.50. The first-order chi connectivity index (χ1) is 10.5. The Morgan fingerprint density at radius 3 is 2.59 bits per heavy atom.